The third-order valence-electron chi connectivity index (χ3n) is 4.33. The molecule has 0 aliphatic heterocycles. The number of benzene rings is 2. The van der Waals surface area contributed by atoms with Crippen LogP contribution < -0.4 is 10.6 Å². The minimum atomic E-state index is -3.63. The summed E-state index contributed by atoms with van der Waals surface area (Å²) in [7, 11) is -3.63. The summed E-state index contributed by atoms with van der Waals surface area (Å²) in [5.41, 5.74) is 1.54. The molecule has 2 aromatic heterocycles. The molecule has 2 aromatic carbocycles. The van der Waals surface area contributed by atoms with E-state index in [0.29, 0.717) is 16.3 Å². The molecule has 10 heteroatoms. The van der Waals surface area contributed by atoms with Gasteiger partial charge in [0.2, 0.25) is 5.91 Å². The van der Waals surface area contributed by atoms with Crippen molar-refractivity contribution in [2.75, 3.05) is 10.6 Å². The van der Waals surface area contributed by atoms with Crippen molar-refractivity contribution in [3.63, 3.8) is 0 Å². The van der Waals surface area contributed by atoms with Crippen molar-refractivity contribution in [2.45, 2.75) is 17.6 Å². The Labute approximate surface area is 181 Å². The molecule has 4 rings (SSSR count). The molecule has 0 aliphatic rings. The summed E-state index contributed by atoms with van der Waals surface area (Å²) >= 11 is 1.23. The third-order valence-corrected chi connectivity index (χ3v) is 6.95. The molecule has 0 aliphatic carbocycles. The third kappa shape index (κ3) is 4.65. The van der Waals surface area contributed by atoms with Crippen molar-refractivity contribution in [2.24, 2.45) is 0 Å². The number of amides is 2. The van der Waals surface area contributed by atoms with Crippen molar-refractivity contribution in [1.29, 1.82) is 0 Å². The van der Waals surface area contributed by atoms with Crippen LogP contribution in [0.5, 0.6) is 0 Å². The van der Waals surface area contributed by atoms with E-state index in [1.165, 1.54) is 42.7 Å². The van der Waals surface area contributed by atoms with Crippen LogP contribution in [0.3, 0.4) is 0 Å². The highest BCUT2D eigenvalue weighted by Gasteiger charge is 2.23. The van der Waals surface area contributed by atoms with E-state index in [1.807, 2.05) is 0 Å². The number of nitrogens with zero attached hydrogens (tertiary/aromatic N) is 1. The number of carbonyl (C=O) groups is 2. The van der Waals surface area contributed by atoms with E-state index in [0.717, 1.165) is 4.70 Å². The van der Waals surface area contributed by atoms with Gasteiger partial charge in [0.25, 0.3) is 5.91 Å². The summed E-state index contributed by atoms with van der Waals surface area (Å²) in [5.74, 6) is -1.23. The molecule has 0 atom stereocenters. The van der Waals surface area contributed by atoms with Crippen molar-refractivity contribution in [3.8, 4) is 0 Å². The summed E-state index contributed by atoms with van der Waals surface area (Å²) in [6.45, 7) is 1.42. The smallest absolute Gasteiger partial charge is 0.293 e. The van der Waals surface area contributed by atoms with Crippen LogP contribution in [-0.2, 0) is 20.4 Å². The quantitative estimate of drug-likeness (QED) is 0.452. The SMILES string of the molecule is CC(=O)Nc1ccc2nc(NC(=O)c3occc3CS(=O)(=O)c3ccccc3)sc2c1. The van der Waals surface area contributed by atoms with Crippen molar-refractivity contribution < 1.29 is 22.4 Å². The molecule has 2 heterocycles. The van der Waals surface area contributed by atoms with Crippen LogP contribution in [0.1, 0.15) is 23.0 Å². The summed E-state index contributed by atoms with van der Waals surface area (Å²) < 4.78 is 31.3. The van der Waals surface area contributed by atoms with Crippen molar-refractivity contribution >= 4 is 54.0 Å². The van der Waals surface area contributed by atoms with Gasteiger partial charge in [0.15, 0.2) is 20.7 Å². The van der Waals surface area contributed by atoms with Gasteiger partial charge in [0.1, 0.15) is 0 Å². The summed E-state index contributed by atoms with van der Waals surface area (Å²) in [6, 6.07) is 14.7. The Kier molecular flexibility index (Phi) is 5.57. The van der Waals surface area contributed by atoms with Gasteiger partial charge in [-0.25, -0.2) is 13.4 Å². The van der Waals surface area contributed by atoms with E-state index in [2.05, 4.69) is 15.6 Å². The van der Waals surface area contributed by atoms with E-state index < -0.39 is 15.7 Å². The molecule has 4 aromatic rings. The van der Waals surface area contributed by atoms with Gasteiger partial charge < -0.3 is 9.73 Å². The van der Waals surface area contributed by atoms with E-state index in [4.69, 9.17) is 4.42 Å². The second-order valence-electron chi connectivity index (χ2n) is 6.68. The Hall–Kier alpha value is -3.50. The van der Waals surface area contributed by atoms with Gasteiger partial charge in [-0.2, -0.15) is 0 Å². The van der Waals surface area contributed by atoms with E-state index >= 15 is 0 Å². The monoisotopic (exact) mass is 455 g/mol. The first kappa shape index (κ1) is 20.8. The zero-order valence-corrected chi connectivity index (χ0v) is 17.9. The topological polar surface area (TPSA) is 118 Å². The molecule has 0 saturated carbocycles. The Morgan fingerprint density at radius 1 is 1.06 bits per heavy atom. The second kappa shape index (κ2) is 8.32. The lowest BCUT2D eigenvalue weighted by Crippen LogP contribution is -2.14. The molecule has 0 bridgehead atoms. The molecule has 0 saturated heterocycles. The Balaban J connectivity index is 1.54. The standard InChI is InChI=1S/C21H17N3O5S2/c1-13(25)22-15-7-8-17-18(11-15)30-21(23-17)24-20(26)19-14(9-10-29-19)12-31(27,28)16-5-3-2-4-6-16/h2-11H,12H2,1H3,(H,22,25)(H,23,24,26). The highest BCUT2D eigenvalue weighted by molar-refractivity contribution is 7.90. The van der Waals surface area contributed by atoms with E-state index in [9.17, 15) is 18.0 Å². The molecule has 0 fully saturated rings. The van der Waals surface area contributed by atoms with Gasteiger partial charge in [-0.15, -0.1) is 0 Å². The number of rotatable bonds is 6. The number of carbonyl (C=O) groups excluding carboxylic acids is 2. The molecule has 8 nitrogen and oxygen atoms in total. The largest absolute Gasteiger partial charge is 0.459 e. The summed E-state index contributed by atoms with van der Waals surface area (Å²) in [5, 5.41) is 5.67. The minimum Gasteiger partial charge on any atom is -0.459 e. The number of anilines is 2. The van der Waals surface area contributed by atoms with Gasteiger partial charge in [0, 0.05) is 18.2 Å². The van der Waals surface area contributed by atoms with Crippen LogP contribution in [-0.4, -0.2) is 25.2 Å². The normalized spacial score (nSPS) is 11.4. The average molecular weight is 456 g/mol. The maximum Gasteiger partial charge on any atom is 0.293 e. The lowest BCUT2D eigenvalue weighted by atomic mass is 10.3. The summed E-state index contributed by atoms with van der Waals surface area (Å²) in [4.78, 5) is 28.5. The van der Waals surface area contributed by atoms with Gasteiger partial charge in [-0.3, -0.25) is 14.9 Å². The molecule has 0 spiro atoms. The first-order valence-corrected chi connectivity index (χ1v) is 11.6. The fourth-order valence-corrected chi connectivity index (χ4v) is 5.25. The predicted molar refractivity (Wildman–Crippen MR) is 118 cm³/mol. The average Bonchev–Trinajstić information content (AvgIpc) is 3.33. The molecule has 31 heavy (non-hydrogen) atoms. The van der Waals surface area contributed by atoms with Gasteiger partial charge in [0.05, 0.1) is 27.1 Å². The number of fused-ring (bicyclic) bond motifs is 1. The maximum atomic E-state index is 12.7. The number of hydrogen-bond donors (Lipinski definition) is 2. The fourth-order valence-electron chi connectivity index (χ4n) is 2.98. The zero-order valence-electron chi connectivity index (χ0n) is 16.3. The lowest BCUT2D eigenvalue weighted by molar-refractivity contribution is -0.114. The van der Waals surface area contributed by atoms with Crippen molar-refractivity contribution in [1.82, 2.24) is 4.98 Å². The van der Waals surface area contributed by atoms with Crippen molar-refractivity contribution in [3.05, 3.63) is 72.2 Å². The van der Waals surface area contributed by atoms with Gasteiger partial charge in [-0.1, -0.05) is 29.5 Å². The second-order valence-corrected chi connectivity index (χ2v) is 9.70. The van der Waals surface area contributed by atoms with Crippen LogP contribution in [0.2, 0.25) is 0 Å². The molecular formula is C21H17N3O5S2. The Morgan fingerprint density at radius 2 is 1.84 bits per heavy atom. The maximum absolute atomic E-state index is 12.7. The Bertz CT molecular complexity index is 1370. The fraction of sp³-hybridized carbons (Fsp3) is 0.0952. The van der Waals surface area contributed by atoms with Gasteiger partial charge in [-0.05, 0) is 36.4 Å². The first-order chi connectivity index (χ1) is 14.8. The molecule has 158 valence electrons. The van der Waals surface area contributed by atoms with Crippen LogP contribution in [0.15, 0.2) is 70.2 Å². The number of thiazole rings is 1. The number of sulfone groups is 1. The Morgan fingerprint density at radius 3 is 2.58 bits per heavy atom. The molecular weight excluding hydrogens is 438 g/mol. The number of nitrogens with one attached hydrogen (secondary N) is 2. The van der Waals surface area contributed by atoms with Crippen LogP contribution in [0.4, 0.5) is 10.8 Å². The molecule has 0 unspecified atom stereocenters. The summed E-state index contributed by atoms with van der Waals surface area (Å²) in [6.07, 6.45) is 1.28. The highest BCUT2D eigenvalue weighted by atomic mass is 32.2. The molecule has 2 N–H and O–H groups in total. The number of furan rings is 1. The van der Waals surface area contributed by atoms with E-state index in [1.54, 1.807) is 36.4 Å². The number of aromatic nitrogens is 1. The number of hydrogen-bond acceptors (Lipinski definition) is 7. The minimum absolute atomic E-state index is 0.0855. The first-order valence-electron chi connectivity index (χ1n) is 9.15. The van der Waals surface area contributed by atoms with Crippen LogP contribution >= 0.6 is 11.3 Å². The zero-order chi connectivity index (χ0) is 22.0. The molecule has 2 amide bonds. The van der Waals surface area contributed by atoms with E-state index in [-0.39, 0.29) is 27.9 Å². The lowest BCUT2D eigenvalue weighted by Gasteiger charge is -2.05. The van der Waals surface area contributed by atoms with Gasteiger partial charge >= 0.3 is 0 Å². The highest BCUT2D eigenvalue weighted by Crippen LogP contribution is 2.29. The van der Waals surface area contributed by atoms with Crippen LogP contribution in [0, 0.1) is 0 Å². The molecule has 0 radical (unpaired) electrons. The predicted octanol–water partition coefficient (Wildman–Crippen LogP) is 4.07. The van der Waals surface area contributed by atoms with Crippen LogP contribution in [0.25, 0.3) is 10.2 Å².